The monoisotopic (exact) mass is 1430 g/mol. The highest BCUT2D eigenvalue weighted by atomic mass is 79.9. The average Bonchev–Trinajstić information content (AvgIpc) is 1.66. The number of fused-ring (bicyclic) bond motifs is 12. The van der Waals surface area contributed by atoms with Crippen molar-refractivity contribution in [2.45, 2.75) is 0 Å². The zero-order valence-electron chi connectivity index (χ0n) is 48.7. The van der Waals surface area contributed by atoms with Gasteiger partial charge in [-0.3, -0.25) is 23.6 Å². The van der Waals surface area contributed by atoms with Crippen molar-refractivity contribution in [3.63, 3.8) is 0 Å². The van der Waals surface area contributed by atoms with Crippen molar-refractivity contribution in [1.29, 1.82) is 0 Å². The first-order chi connectivity index (χ1) is 44.5. The van der Waals surface area contributed by atoms with Crippen molar-refractivity contribution < 1.29 is 24.9 Å². The SMILES string of the molecule is Brc1ccc(-n2c3ccccc3c3cc(Br)ccc32)cc1.Brc1ccc(-n2c3ccccc3c3ccccc32)cc1.O=Cc1ccc(-n2c3ccc(Br)cc3c3cc(C=O)ccc32)cc1.O=Cc1ccc(-n2c3ccccc3c3cc(C=O)ccc32)cc1.[2H]CF. The first-order valence-electron chi connectivity index (χ1n) is 29.1. The van der Waals surface area contributed by atoms with Crippen LogP contribution in [0.3, 0.4) is 0 Å². The van der Waals surface area contributed by atoms with E-state index in [1.54, 1.807) is 12.1 Å². The molecule has 0 saturated heterocycles. The van der Waals surface area contributed by atoms with Crippen molar-refractivity contribution in [2.24, 2.45) is 0 Å². The highest BCUT2D eigenvalue weighted by molar-refractivity contribution is 9.11. The number of para-hydroxylation sites is 4. The standard InChI is InChI=1S/C20H12BrNO2.C20H13NO2.C18H11Br2N.C18H12BrN.CH3F/c21-15-4-8-20-18(10-15)17-9-14(12-24)3-7-19(17)22(20)16-5-1-13(11-23)2-6-16;22-12-14-5-8-16(9-6-14)21-19-4-2-1-3-17(19)18-11-15(13-23)7-10-20(18)21;19-12-5-8-14(9-6-12)21-17-4-2-1-3-15(17)16-11-13(20)7-10-18(16)21;19-13-9-11-14(12-10-13)20-17-7-3-1-5-15(17)16-6-2-4-8-18(16)20;1-2/h1-12H;1-13H;1-11H;1-12H;1H3/i;;;;1D. The number of aromatic nitrogens is 4. The Morgan fingerprint density at radius 2 is 0.478 bits per heavy atom. The molecule has 8 nitrogen and oxygen atoms in total. The van der Waals surface area contributed by atoms with Crippen LogP contribution in [-0.2, 0) is 0 Å². The summed E-state index contributed by atoms with van der Waals surface area (Å²) in [5.41, 5.74) is 16.1. The third-order valence-corrected chi connectivity index (χ3v) is 17.7. The molecule has 0 aliphatic rings. The van der Waals surface area contributed by atoms with Crippen LogP contribution < -0.4 is 0 Å². The van der Waals surface area contributed by atoms with Crippen LogP contribution in [0, 0.1) is 0 Å². The number of halogens is 5. The molecule has 0 radical (unpaired) electrons. The van der Waals surface area contributed by atoms with E-state index in [1.807, 2.05) is 97.1 Å². The summed E-state index contributed by atoms with van der Waals surface area (Å²) < 4.78 is 28.7. The largest absolute Gasteiger partial charge is 0.309 e. The summed E-state index contributed by atoms with van der Waals surface area (Å²) in [7, 11) is -1.00. The van der Waals surface area contributed by atoms with Crippen LogP contribution in [-0.4, -0.2) is 50.6 Å². The van der Waals surface area contributed by atoms with Crippen LogP contribution in [0.2, 0.25) is 0 Å². The van der Waals surface area contributed by atoms with E-state index < -0.39 is 7.15 Å². The fourth-order valence-corrected chi connectivity index (χ4v) is 13.0. The topological polar surface area (TPSA) is 88.0 Å². The summed E-state index contributed by atoms with van der Waals surface area (Å²) in [6.07, 6.45) is 3.40. The minimum atomic E-state index is -1.00. The Kier molecular flexibility index (Phi) is 17.8. The molecule has 13 heteroatoms. The second-order valence-electron chi connectivity index (χ2n) is 20.9. The molecule has 0 N–H and O–H groups in total. The van der Waals surface area contributed by atoms with Gasteiger partial charge in [-0.25, -0.2) is 0 Å². The maximum absolute atomic E-state index is 11.2. The van der Waals surface area contributed by atoms with E-state index in [0.717, 1.165) is 98.0 Å². The molecule has 12 aromatic carbocycles. The molecule has 438 valence electrons. The van der Waals surface area contributed by atoms with Gasteiger partial charge < -0.3 is 18.3 Å². The fourth-order valence-electron chi connectivity index (χ4n) is 11.7. The van der Waals surface area contributed by atoms with Crippen LogP contribution in [0.5, 0.6) is 0 Å². The van der Waals surface area contributed by atoms with Gasteiger partial charge in [-0.05, 0) is 194 Å². The number of carbonyl (C=O) groups is 4. The second kappa shape index (κ2) is 27.0. The maximum atomic E-state index is 11.2. The number of alkyl halides is 1. The number of aldehydes is 4. The fraction of sp³-hybridized carbons (Fsp3) is 0.0130. The molecule has 0 spiro atoms. The molecule has 16 aromatic rings. The summed E-state index contributed by atoms with van der Waals surface area (Å²) in [4.78, 5) is 44.0. The van der Waals surface area contributed by atoms with Crippen LogP contribution in [0.4, 0.5) is 4.39 Å². The lowest BCUT2D eigenvalue weighted by molar-refractivity contribution is 0.111. The molecule has 4 aromatic heterocycles. The van der Waals surface area contributed by atoms with Crippen molar-refractivity contribution in [1.82, 2.24) is 18.3 Å². The molecule has 0 aliphatic heterocycles. The second-order valence-corrected chi connectivity index (χ2v) is 24.6. The molecule has 16 rings (SSSR count). The van der Waals surface area contributed by atoms with Gasteiger partial charge in [0.15, 0.2) is 0 Å². The Morgan fingerprint density at radius 3 is 0.789 bits per heavy atom. The summed E-state index contributed by atoms with van der Waals surface area (Å²) in [5, 5.41) is 9.38. The first-order valence-corrected chi connectivity index (χ1v) is 31.5. The lowest BCUT2D eigenvalue weighted by Gasteiger charge is -2.08. The molecule has 90 heavy (non-hydrogen) atoms. The predicted molar refractivity (Wildman–Crippen MR) is 383 cm³/mol. The van der Waals surface area contributed by atoms with Crippen molar-refractivity contribution in [3.8, 4) is 22.7 Å². The number of benzene rings is 12. The van der Waals surface area contributed by atoms with Gasteiger partial charge in [-0.1, -0.05) is 137 Å². The molecule has 4 heterocycles. The molecule has 0 amide bonds. The van der Waals surface area contributed by atoms with E-state index in [2.05, 4.69) is 240 Å². The zero-order chi connectivity index (χ0) is 63.1. The molecule has 0 unspecified atom stereocenters. The predicted octanol–water partition coefficient (Wildman–Crippen LogP) is 22.0. The lowest BCUT2D eigenvalue weighted by Crippen LogP contribution is -1.94. The summed E-state index contributed by atoms with van der Waals surface area (Å²) >= 11 is 14.1. The van der Waals surface area contributed by atoms with Crippen LogP contribution in [0.25, 0.3) is 110 Å². The zero-order valence-corrected chi connectivity index (χ0v) is 54.1. The average molecular weight is 1440 g/mol. The van der Waals surface area contributed by atoms with E-state index in [9.17, 15) is 23.6 Å². The molecule has 0 saturated carbocycles. The Morgan fingerprint density at radius 1 is 0.267 bits per heavy atom. The van der Waals surface area contributed by atoms with Gasteiger partial charge in [0.2, 0.25) is 0 Å². The maximum Gasteiger partial charge on any atom is 0.150 e. The summed E-state index contributed by atoms with van der Waals surface area (Å²) in [6, 6.07) is 89.5. The van der Waals surface area contributed by atoms with Gasteiger partial charge in [-0.2, -0.15) is 0 Å². The highest BCUT2D eigenvalue weighted by Gasteiger charge is 2.17. The molecule has 0 aliphatic carbocycles. The van der Waals surface area contributed by atoms with E-state index in [4.69, 9.17) is 1.37 Å². The van der Waals surface area contributed by atoms with E-state index in [0.29, 0.717) is 22.3 Å². The number of hydrogen-bond donors (Lipinski definition) is 0. The minimum Gasteiger partial charge on any atom is -0.309 e. The van der Waals surface area contributed by atoms with Crippen molar-refractivity contribution in [2.75, 3.05) is 7.15 Å². The van der Waals surface area contributed by atoms with E-state index in [1.165, 1.54) is 55.0 Å². The smallest absolute Gasteiger partial charge is 0.150 e. The third kappa shape index (κ3) is 11.9. The molecule has 0 bridgehead atoms. The van der Waals surface area contributed by atoms with E-state index >= 15 is 0 Å². The molecular weight excluding hydrogens is 1380 g/mol. The van der Waals surface area contributed by atoms with Crippen LogP contribution >= 0.6 is 63.7 Å². The Balaban J connectivity index is 0.000000116. The minimum absolute atomic E-state index is 0.644. The normalized spacial score (nSPS) is 11.1. The molecule has 0 fully saturated rings. The number of carbonyl (C=O) groups excluding carboxylic acids is 4. The van der Waals surface area contributed by atoms with Crippen molar-refractivity contribution >= 4 is 176 Å². The highest BCUT2D eigenvalue weighted by Crippen LogP contribution is 2.38. The van der Waals surface area contributed by atoms with Gasteiger partial charge in [0, 0.05) is 106 Å². The Hall–Kier alpha value is -9.63. The first kappa shape index (κ1) is 59.3. The number of rotatable bonds is 8. The van der Waals surface area contributed by atoms with Gasteiger partial charge >= 0.3 is 0 Å². The number of nitrogens with zero attached hydrogens (tertiary/aromatic N) is 4. The van der Waals surface area contributed by atoms with Gasteiger partial charge in [0.25, 0.3) is 0 Å². The van der Waals surface area contributed by atoms with Gasteiger partial charge in [-0.15, -0.1) is 0 Å². The quantitative estimate of drug-likeness (QED) is 0.142. The molecule has 0 atom stereocenters. The van der Waals surface area contributed by atoms with Crippen LogP contribution in [0.15, 0.2) is 285 Å². The summed E-state index contributed by atoms with van der Waals surface area (Å²) in [5.74, 6) is 0. The van der Waals surface area contributed by atoms with Crippen molar-refractivity contribution in [3.05, 3.63) is 307 Å². The van der Waals surface area contributed by atoms with E-state index in [-0.39, 0.29) is 0 Å². The lowest BCUT2D eigenvalue weighted by atomic mass is 10.1. The Bertz CT molecular complexity index is 5320. The molecular formula is C77H51Br4FN4O4. The third-order valence-electron chi connectivity index (χ3n) is 15.7. The van der Waals surface area contributed by atoms with Gasteiger partial charge in [0.1, 0.15) is 25.1 Å². The van der Waals surface area contributed by atoms with Crippen LogP contribution in [0.1, 0.15) is 42.8 Å². The summed E-state index contributed by atoms with van der Waals surface area (Å²) in [6.45, 7) is 0. The Labute approximate surface area is 551 Å². The number of hydrogen-bond acceptors (Lipinski definition) is 4. The van der Waals surface area contributed by atoms with Gasteiger partial charge in [0.05, 0.1) is 52.7 Å².